The number of fused-ring (bicyclic) bond motifs is 2. The highest BCUT2D eigenvalue weighted by Gasteiger charge is 2.53. The van der Waals surface area contributed by atoms with Crippen molar-refractivity contribution in [1.29, 1.82) is 0 Å². The van der Waals surface area contributed by atoms with E-state index in [0.717, 1.165) is 12.8 Å². The van der Waals surface area contributed by atoms with E-state index in [2.05, 4.69) is 0 Å². The molecule has 0 heterocycles. The summed E-state index contributed by atoms with van der Waals surface area (Å²) in [6.07, 6.45) is 3.96. The second kappa shape index (κ2) is 1.97. The lowest BCUT2D eigenvalue weighted by molar-refractivity contribution is -0.145. The van der Waals surface area contributed by atoms with E-state index in [0.29, 0.717) is 12.3 Å². The van der Waals surface area contributed by atoms with Gasteiger partial charge in [0.15, 0.2) is 0 Å². The Morgan fingerprint density at radius 1 is 1.55 bits per heavy atom. The fraction of sp³-hybridized carbons (Fsp3) is 0.875. The molecule has 3 atom stereocenters. The summed E-state index contributed by atoms with van der Waals surface area (Å²) >= 11 is 0. The van der Waals surface area contributed by atoms with Crippen LogP contribution < -0.4 is 5.73 Å². The van der Waals surface area contributed by atoms with Gasteiger partial charge in [0.25, 0.3) is 0 Å². The maximum Gasteiger partial charge on any atom is 0.323 e. The minimum Gasteiger partial charge on any atom is -0.480 e. The predicted molar refractivity (Wildman–Crippen MR) is 40.0 cm³/mol. The number of hydrogen-bond acceptors (Lipinski definition) is 2. The quantitative estimate of drug-likeness (QED) is 0.582. The monoisotopic (exact) mass is 155 g/mol. The molecule has 2 fully saturated rings. The molecule has 11 heavy (non-hydrogen) atoms. The molecule has 2 aliphatic carbocycles. The zero-order valence-electron chi connectivity index (χ0n) is 6.42. The Kier molecular flexibility index (Phi) is 1.27. The number of carboxylic acid groups (broad SMARTS) is 1. The van der Waals surface area contributed by atoms with Crippen molar-refractivity contribution in [2.24, 2.45) is 17.6 Å². The Morgan fingerprint density at radius 2 is 2.27 bits per heavy atom. The van der Waals surface area contributed by atoms with Crippen molar-refractivity contribution in [3.05, 3.63) is 0 Å². The summed E-state index contributed by atoms with van der Waals surface area (Å²) in [7, 11) is 0. The molecular weight excluding hydrogens is 142 g/mol. The molecule has 62 valence electrons. The van der Waals surface area contributed by atoms with E-state index in [9.17, 15) is 4.79 Å². The fourth-order valence-electron chi connectivity index (χ4n) is 2.63. The first-order valence-electron chi connectivity index (χ1n) is 4.15. The van der Waals surface area contributed by atoms with Gasteiger partial charge in [-0.3, -0.25) is 4.79 Å². The van der Waals surface area contributed by atoms with E-state index in [1.54, 1.807) is 0 Å². The molecule has 2 saturated carbocycles. The number of aliphatic carboxylic acids is 1. The summed E-state index contributed by atoms with van der Waals surface area (Å²) in [5.74, 6) is 0.0517. The van der Waals surface area contributed by atoms with Gasteiger partial charge in [0.05, 0.1) is 0 Å². The molecule has 0 aromatic carbocycles. The molecular formula is C8H13NO2. The van der Waals surface area contributed by atoms with Crippen molar-refractivity contribution in [3.8, 4) is 0 Å². The van der Waals surface area contributed by atoms with Gasteiger partial charge in [-0.1, -0.05) is 6.42 Å². The van der Waals surface area contributed by atoms with E-state index in [4.69, 9.17) is 10.8 Å². The van der Waals surface area contributed by atoms with Crippen LogP contribution in [0.15, 0.2) is 0 Å². The Balaban J connectivity index is 2.23. The van der Waals surface area contributed by atoms with Crippen LogP contribution in [0, 0.1) is 11.8 Å². The average molecular weight is 155 g/mol. The van der Waals surface area contributed by atoms with Crippen LogP contribution in [0.2, 0.25) is 0 Å². The van der Waals surface area contributed by atoms with Gasteiger partial charge in [0.2, 0.25) is 0 Å². The van der Waals surface area contributed by atoms with E-state index in [1.165, 1.54) is 6.42 Å². The smallest absolute Gasteiger partial charge is 0.323 e. The second-order valence-corrected chi connectivity index (χ2v) is 3.93. The average Bonchev–Trinajstić information content (AvgIpc) is 2.45. The highest BCUT2D eigenvalue weighted by Crippen LogP contribution is 2.49. The van der Waals surface area contributed by atoms with Gasteiger partial charge >= 0.3 is 5.97 Å². The molecule has 0 aromatic rings. The highest BCUT2D eigenvalue weighted by atomic mass is 16.4. The summed E-state index contributed by atoms with van der Waals surface area (Å²) < 4.78 is 0. The molecule has 3 nitrogen and oxygen atoms in total. The van der Waals surface area contributed by atoms with Gasteiger partial charge in [-0.2, -0.15) is 0 Å². The van der Waals surface area contributed by atoms with Gasteiger partial charge < -0.3 is 10.8 Å². The standard InChI is InChI=1S/C8H13NO2/c9-8(7(10)11)4-5-1-2-6(8)3-5/h5-6H,1-4,9H2,(H,10,11). The summed E-state index contributed by atoms with van der Waals surface area (Å²) in [4.78, 5) is 10.8. The molecule has 0 saturated heterocycles. The Labute approximate surface area is 65.6 Å². The topological polar surface area (TPSA) is 63.3 Å². The number of rotatable bonds is 1. The van der Waals surface area contributed by atoms with Crippen LogP contribution in [0.5, 0.6) is 0 Å². The molecule has 2 bridgehead atoms. The summed E-state index contributed by atoms with van der Waals surface area (Å²) in [6, 6.07) is 0. The molecule has 0 radical (unpaired) electrons. The van der Waals surface area contributed by atoms with Crippen LogP contribution in [0.1, 0.15) is 25.7 Å². The maximum absolute atomic E-state index is 10.8. The molecule has 0 spiro atoms. The van der Waals surface area contributed by atoms with E-state index < -0.39 is 11.5 Å². The lowest BCUT2D eigenvalue weighted by Crippen LogP contribution is -2.52. The normalized spacial score (nSPS) is 48.1. The first-order valence-corrected chi connectivity index (χ1v) is 4.15. The van der Waals surface area contributed by atoms with Gasteiger partial charge in [-0.15, -0.1) is 0 Å². The van der Waals surface area contributed by atoms with Gasteiger partial charge in [0.1, 0.15) is 5.54 Å². The lowest BCUT2D eigenvalue weighted by Gasteiger charge is -2.28. The first-order chi connectivity index (χ1) is 5.13. The van der Waals surface area contributed by atoms with Gasteiger partial charge in [0, 0.05) is 0 Å². The Hall–Kier alpha value is -0.570. The van der Waals surface area contributed by atoms with Crippen molar-refractivity contribution in [2.45, 2.75) is 31.2 Å². The second-order valence-electron chi connectivity index (χ2n) is 3.93. The summed E-state index contributed by atoms with van der Waals surface area (Å²) in [5.41, 5.74) is 4.92. The third-order valence-electron chi connectivity index (χ3n) is 3.29. The predicted octanol–water partition coefficient (Wildman–Crippen LogP) is 0.588. The zero-order chi connectivity index (χ0) is 8.06. The van der Waals surface area contributed by atoms with Crippen molar-refractivity contribution in [3.63, 3.8) is 0 Å². The molecule has 2 aliphatic rings. The van der Waals surface area contributed by atoms with Crippen LogP contribution in [0.4, 0.5) is 0 Å². The molecule has 0 aromatic heterocycles. The van der Waals surface area contributed by atoms with Crippen LogP contribution >= 0.6 is 0 Å². The lowest BCUT2D eigenvalue weighted by atomic mass is 9.82. The van der Waals surface area contributed by atoms with Gasteiger partial charge in [-0.05, 0) is 31.1 Å². The number of nitrogens with two attached hydrogens (primary N) is 1. The third-order valence-corrected chi connectivity index (χ3v) is 3.29. The third kappa shape index (κ3) is 0.805. The van der Waals surface area contributed by atoms with E-state index >= 15 is 0 Å². The molecule has 3 heteroatoms. The number of hydrogen-bond donors (Lipinski definition) is 2. The van der Waals surface area contributed by atoms with E-state index in [1.807, 2.05) is 0 Å². The van der Waals surface area contributed by atoms with Crippen molar-refractivity contribution >= 4 is 5.97 Å². The van der Waals surface area contributed by atoms with Crippen molar-refractivity contribution in [2.75, 3.05) is 0 Å². The minimum atomic E-state index is -0.872. The number of carboxylic acids is 1. The van der Waals surface area contributed by atoms with E-state index in [-0.39, 0.29) is 5.92 Å². The molecule has 0 amide bonds. The van der Waals surface area contributed by atoms with Gasteiger partial charge in [-0.25, -0.2) is 0 Å². The highest BCUT2D eigenvalue weighted by molar-refractivity contribution is 5.79. The molecule has 3 unspecified atom stereocenters. The van der Waals surface area contributed by atoms with Crippen LogP contribution in [-0.2, 0) is 4.79 Å². The van der Waals surface area contributed by atoms with Crippen molar-refractivity contribution in [1.82, 2.24) is 0 Å². The maximum atomic E-state index is 10.8. The zero-order valence-corrected chi connectivity index (χ0v) is 6.42. The molecule has 0 aliphatic heterocycles. The molecule has 2 rings (SSSR count). The Morgan fingerprint density at radius 3 is 2.55 bits per heavy atom. The Bertz CT molecular complexity index is 204. The molecule has 3 N–H and O–H groups in total. The largest absolute Gasteiger partial charge is 0.480 e. The minimum absolute atomic E-state index is 0.255. The van der Waals surface area contributed by atoms with Crippen molar-refractivity contribution < 1.29 is 9.90 Å². The fourth-order valence-corrected chi connectivity index (χ4v) is 2.63. The van der Waals surface area contributed by atoms with Crippen LogP contribution in [-0.4, -0.2) is 16.6 Å². The summed E-state index contributed by atoms with van der Waals surface area (Å²) in [6.45, 7) is 0. The first kappa shape index (κ1) is 7.10. The SMILES string of the molecule is NC1(C(=O)O)CC2CCC1C2. The van der Waals surface area contributed by atoms with Crippen LogP contribution in [0.25, 0.3) is 0 Å². The number of carbonyl (C=O) groups is 1. The summed E-state index contributed by atoms with van der Waals surface area (Å²) in [5, 5.41) is 8.87. The van der Waals surface area contributed by atoms with Crippen LogP contribution in [0.3, 0.4) is 0 Å².